The van der Waals surface area contributed by atoms with Crippen molar-refractivity contribution in [3.63, 3.8) is 0 Å². The second-order valence-corrected chi connectivity index (χ2v) is 5.31. The molecular weight excluding hydrogens is 301 g/mol. The van der Waals surface area contributed by atoms with Gasteiger partial charge in [-0.25, -0.2) is 4.39 Å². The third kappa shape index (κ3) is 3.18. The van der Waals surface area contributed by atoms with Crippen LogP contribution in [-0.2, 0) is 16.1 Å². The lowest BCUT2D eigenvalue weighted by Crippen LogP contribution is -2.49. The van der Waals surface area contributed by atoms with Gasteiger partial charge in [0, 0.05) is 0 Å². The zero-order valence-electron chi connectivity index (χ0n) is 12.5. The number of hydrogen-bond donors (Lipinski definition) is 2. The van der Waals surface area contributed by atoms with Crippen LogP contribution in [0.5, 0.6) is 0 Å². The first-order valence-corrected chi connectivity index (χ1v) is 7.21. The lowest BCUT2D eigenvalue weighted by molar-refractivity contribution is -0.124. The summed E-state index contributed by atoms with van der Waals surface area (Å²) < 4.78 is 18.5. The van der Waals surface area contributed by atoms with E-state index in [1.165, 1.54) is 29.4 Å². The van der Waals surface area contributed by atoms with Gasteiger partial charge in [0.05, 0.1) is 24.2 Å². The van der Waals surface area contributed by atoms with E-state index in [1.807, 2.05) is 0 Å². The zero-order valence-corrected chi connectivity index (χ0v) is 12.5. The molecule has 0 fully saturated rings. The van der Waals surface area contributed by atoms with E-state index in [-0.39, 0.29) is 24.9 Å². The van der Waals surface area contributed by atoms with Crippen molar-refractivity contribution in [2.75, 3.05) is 16.8 Å². The number of furan rings is 1. The highest BCUT2D eigenvalue weighted by Crippen LogP contribution is 2.31. The van der Waals surface area contributed by atoms with E-state index in [9.17, 15) is 14.0 Å². The molecule has 0 aliphatic carbocycles. The Kier molecular flexibility index (Phi) is 4.01. The van der Waals surface area contributed by atoms with Crippen molar-refractivity contribution in [2.45, 2.75) is 19.5 Å². The molecule has 3 rings (SSSR count). The molecule has 0 radical (unpaired) electrons. The molecule has 23 heavy (non-hydrogen) atoms. The number of nitrogens with zero attached hydrogens (tertiary/aromatic N) is 1. The third-order valence-electron chi connectivity index (χ3n) is 3.60. The van der Waals surface area contributed by atoms with Crippen LogP contribution in [0.2, 0.25) is 0 Å². The summed E-state index contributed by atoms with van der Waals surface area (Å²) in [6.07, 6.45) is 1.52. The molecule has 1 aromatic heterocycles. The Morgan fingerprint density at radius 2 is 2.26 bits per heavy atom. The van der Waals surface area contributed by atoms with E-state index >= 15 is 0 Å². The lowest BCUT2D eigenvalue weighted by Gasteiger charge is -2.33. The van der Waals surface area contributed by atoms with Gasteiger partial charge in [0.15, 0.2) is 0 Å². The summed E-state index contributed by atoms with van der Waals surface area (Å²) in [7, 11) is 0. The Morgan fingerprint density at radius 1 is 1.43 bits per heavy atom. The van der Waals surface area contributed by atoms with Gasteiger partial charge in [0.1, 0.15) is 24.2 Å². The molecule has 1 unspecified atom stereocenters. The number of fused-ring (bicyclic) bond motifs is 1. The van der Waals surface area contributed by atoms with E-state index in [0.717, 1.165) is 0 Å². The highest BCUT2D eigenvalue weighted by atomic mass is 19.1. The van der Waals surface area contributed by atoms with Crippen molar-refractivity contribution in [1.82, 2.24) is 5.32 Å². The minimum atomic E-state index is -0.526. The predicted octanol–water partition coefficient (Wildman–Crippen LogP) is 1.88. The van der Waals surface area contributed by atoms with Gasteiger partial charge in [0.25, 0.3) is 0 Å². The molecule has 1 aliphatic heterocycles. The van der Waals surface area contributed by atoms with Crippen LogP contribution in [0.4, 0.5) is 15.8 Å². The minimum Gasteiger partial charge on any atom is -0.467 e. The molecule has 2 N–H and O–H groups in total. The fourth-order valence-electron chi connectivity index (χ4n) is 2.47. The topological polar surface area (TPSA) is 74.6 Å². The second-order valence-electron chi connectivity index (χ2n) is 5.31. The van der Waals surface area contributed by atoms with Gasteiger partial charge in [-0.1, -0.05) is 0 Å². The molecule has 2 amide bonds. The van der Waals surface area contributed by atoms with E-state index in [2.05, 4.69) is 10.6 Å². The highest BCUT2D eigenvalue weighted by Gasteiger charge is 2.31. The summed E-state index contributed by atoms with van der Waals surface area (Å²) in [6.45, 7) is 1.78. The van der Waals surface area contributed by atoms with Gasteiger partial charge in [-0.3, -0.25) is 14.5 Å². The van der Waals surface area contributed by atoms with Crippen LogP contribution in [0.3, 0.4) is 0 Å². The molecule has 7 heteroatoms. The number of nitrogens with one attached hydrogen (secondary N) is 2. The Bertz CT molecular complexity index is 730. The first kappa shape index (κ1) is 15.1. The molecule has 2 aromatic rings. The molecule has 1 atom stereocenters. The fourth-order valence-corrected chi connectivity index (χ4v) is 2.47. The molecule has 0 spiro atoms. The van der Waals surface area contributed by atoms with Gasteiger partial charge in [-0.05, 0) is 37.3 Å². The van der Waals surface area contributed by atoms with Gasteiger partial charge in [0.2, 0.25) is 11.8 Å². The Balaban J connectivity index is 1.73. The zero-order chi connectivity index (χ0) is 16.4. The molecule has 0 saturated carbocycles. The number of anilines is 2. The fraction of sp³-hybridized carbons (Fsp3) is 0.250. The van der Waals surface area contributed by atoms with Crippen molar-refractivity contribution in [2.24, 2.45) is 0 Å². The maximum Gasteiger partial charge on any atom is 0.249 e. The monoisotopic (exact) mass is 317 g/mol. The van der Waals surface area contributed by atoms with Crippen molar-refractivity contribution in [1.29, 1.82) is 0 Å². The maximum absolute atomic E-state index is 13.4. The van der Waals surface area contributed by atoms with Crippen LogP contribution >= 0.6 is 0 Å². The van der Waals surface area contributed by atoms with E-state index < -0.39 is 11.9 Å². The van der Waals surface area contributed by atoms with E-state index in [1.54, 1.807) is 19.1 Å². The third-order valence-corrected chi connectivity index (χ3v) is 3.60. The Hall–Kier alpha value is -2.83. The van der Waals surface area contributed by atoms with Crippen LogP contribution < -0.4 is 15.5 Å². The second kappa shape index (κ2) is 6.12. The van der Waals surface area contributed by atoms with Crippen LogP contribution in [0.25, 0.3) is 0 Å². The van der Waals surface area contributed by atoms with Crippen LogP contribution in [-0.4, -0.2) is 24.4 Å². The smallest absolute Gasteiger partial charge is 0.249 e. The van der Waals surface area contributed by atoms with Gasteiger partial charge >= 0.3 is 0 Å². The summed E-state index contributed by atoms with van der Waals surface area (Å²) in [5.74, 6) is -0.336. The number of benzene rings is 1. The molecule has 1 aromatic carbocycles. The summed E-state index contributed by atoms with van der Waals surface area (Å²) in [6, 6.07) is 7.01. The van der Waals surface area contributed by atoms with Crippen LogP contribution in [0.1, 0.15) is 12.7 Å². The average Bonchev–Trinajstić information content (AvgIpc) is 3.03. The number of amides is 2. The Morgan fingerprint density at radius 3 is 3.00 bits per heavy atom. The summed E-state index contributed by atoms with van der Waals surface area (Å²) >= 11 is 0. The summed E-state index contributed by atoms with van der Waals surface area (Å²) in [5.41, 5.74) is 0.985. The van der Waals surface area contributed by atoms with Gasteiger partial charge < -0.3 is 15.1 Å². The molecule has 120 valence electrons. The Labute approximate surface area is 132 Å². The minimum absolute atomic E-state index is 0.135. The number of carbonyl (C=O) groups is 2. The summed E-state index contributed by atoms with van der Waals surface area (Å²) in [5, 5.41) is 5.62. The molecule has 6 nitrogen and oxygen atoms in total. The van der Waals surface area contributed by atoms with Gasteiger partial charge in [-0.15, -0.1) is 0 Å². The average molecular weight is 317 g/mol. The van der Waals surface area contributed by atoms with Crippen molar-refractivity contribution in [3.05, 3.63) is 48.2 Å². The van der Waals surface area contributed by atoms with Crippen molar-refractivity contribution >= 4 is 23.2 Å². The van der Waals surface area contributed by atoms with Crippen molar-refractivity contribution in [3.8, 4) is 0 Å². The normalized spacial score (nSPS) is 16.7. The molecule has 1 aliphatic rings. The quantitative estimate of drug-likeness (QED) is 0.903. The van der Waals surface area contributed by atoms with Crippen LogP contribution in [0, 0.1) is 5.82 Å². The number of halogens is 1. The first-order valence-electron chi connectivity index (χ1n) is 7.21. The summed E-state index contributed by atoms with van der Waals surface area (Å²) in [4.78, 5) is 25.8. The SMILES string of the molecule is CC1Nc2cc(F)ccc2N(CC(=O)NCc2ccco2)C1=O. The first-order chi connectivity index (χ1) is 11.0. The van der Waals surface area contributed by atoms with Gasteiger partial charge in [-0.2, -0.15) is 0 Å². The predicted molar refractivity (Wildman–Crippen MR) is 82.4 cm³/mol. The molecule has 0 bridgehead atoms. The lowest BCUT2D eigenvalue weighted by atomic mass is 10.1. The largest absolute Gasteiger partial charge is 0.467 e. The molecular formula is C16H16FN3O3. The molecule has 2 heterocycles. The standard InChI is InChI=1S/C16H16FN3O3/c1-10-16(22)20(14-5-4-11(17)7-13(14)19-10)9-15(21)18-8-12-3-2-6-23-12/h2-7,10,19H,8-9H2,1H3,(H,18,21). The number of carbonyl (C=O) groups excluding carboxylic acids is 2. The number of hydrogen-bond acceptors (Lipinski definition) is 4. The number of rotatable bonds is 4. The highest BCUT2D eigenvalue weighted by molar-refractivity contribution is 6.07. The maximum atomic E-state index is 13.4. The van der Waals surface area contributed by atoms with Crippen molar-refractivity contribution < 1.29 is 18.4 Å². The molecule has 0 saturated heterocycles. The van der Waals surface area contributed by atoms with E-state index in [4.69, 9.17) is 4.42 Å². The van der Waals surface area contributed by atoms with E-state index in [0.29, 0.717) is 17.1 Å². The van der Waals surface area contributed by atoms with Crippen LogP contribution in [0.15, 0.2) is 41.0 Å².